The summed E-state index contributed by atoms with van der Waals surface area (Å²) in [5.74, 6) is 0.270. The molecule has 0 heterocycles. The normalized spacial score (nSPS) is 19.1. The molecule has 0 aromatic rings. The molecule has 196 valence electrons. The molecule has 0 N–H and O–H groups in total. The number of rotatable bonds is 11. The summed E-state index contributed by atoms with van der Waals surface area (Å²) in [5.41, 5.74) is 7.37. The fraction of sp³-hybridized carbons (Fsp3) is 0.314. The van der Waals surface area contributed by atoms with Gasteiger partial charge in [0.05, 0.1) is 0 Å². The number of carbonyl (C=O) groups excluding carboxylic acids is 2. The number of hydrogen-bond donors (Lipinski definition) is 0. The lowest BCUT2D eigenvalue weighted by molar-refractivity contribution is -0.116. The predicted octanol–water partition coefficient (Wildman–Crippen LogP) is 9.40. The van der Waals surface area contributed by atoms with E-state index in [9.17, 15) is 9.59 Å². The Kier molecular flexibility index (Phi) is 13.9. The van der Waals surface area contributed by atoms with Crippen molar-refractivity contribution >= 4 is 12.1 Å². The van der Waals surface area contributed by atoms with E-state index in [1.54, 1.807) is 13.0 Å². The number of allylic oxidation sites excluding steroid dienone is 22. The molecule has 0 amide bonds. The molecule has 1 aliphatic carbocycles. The van der Waals surface area contributed by atoms with Crippen LogP contribution in [0.25, 0.3) is 0 Å². The highest BCUT2D eigenvalue weighted by Gasteiger charge is 2.30. The molecule has 37 heavy (non-hydrogen) atoms. The van der Waals surface area contributed by atoms with Crippen LogP contribution in [0.3, 0.4) is 0 Å². The SMILES string of the molecule is CC1=C(/C=C/C(C)=C/C=C/C(C)=C/C=C/C=C(C)/C=C/C=C(C)/C=C/C=C(\C)C=O)C(C)(C)CCC1=O. The number of hydrogen-bond acceptors (Lipinski definition) is 2. The molecule has 2 heteroatoms. The average Bonchev–Trinajstić information content (AvgIpc) is 2.84. The van der Waals surface area contributed by atoms with Gasteiger partial charge in [-0.3, -0.25) is 9.59 Å². The second-order valence-electron chi connectivity index (χ2n) is 10.3. The molecular formula is C35H44O2. The van der Waals surface area contributed by atoms with Crippen molar-refractivity contribution in [2.24, 2.45) is 5.41 Å². The summed E-state index contributed by atoms with van der Waals surface area (Å²) < 4.78 is 0. The molecule has 0 saturated carbocycles. The maximum Gasteiger partial charge on any atom is 0.158 e. The third-order valence-corrected chi connectivity index (χ3v) is 6.21. The molecule has 0 radical (unpaired) electrons. The summed E-state index contributed by atoms with van der Waals surface area (Å²) in [4.78, 5) is 22.7. The number of carbonyl (C=O) groups is 2. The smallest absolute Gasteiger partial charge is 0.158 e. The van der Waals surface area contributed by atoms with Crippen molar-refractivity contribution in [3.05, 3.63) is 130 Å². The Labute approximate surface area is 225 Å². The van der Waals surface area contributed by atoms with Gasteiger partial charge in [-0.2, -0.15) is 0 Å². The van der Waals surface area contributed by atoms with E-state index in [1.165, 1.54) is 0 Å². The molecule has 2 nitrogen and oxygen atoms in total. The minimum Gasteiger partial charge on any atom is -0.298 e. The van der Waals surface area contributed by atoms with Gasteiger partial charge in [-0.15, -0.1) is 0 Å². The summed E-state index contributed by atoms with van der Waals surface area (Å²) in [6.45, 7) is 16.4. The maximum absolute atomic E-state index is 12.1. The van der Waals surface area contributed by atoms with Crippen LogP contribution in [0.1, 0.15) is 68.2 Å². The van der Waals surface area contributed by atoms with Gasteiger partial charge in [0.1, 0.15) is 6.29 Å². The second kappa shape index (κ2) is 16.3. The van der Waals surface area contributed by atoms with Gasteiger partial charge >= 0.3 is 0 Å². The van der Waals surface area contributed by atoms with Gasteiger partial charge in [0.25, 0.3) is 0 Å². The van der Waals surface area contributed by atoms with E-state index in [-0.39, 0.29) is 11.2 Å². The summed E-state index contributed by atoms with van der Waals surface area (Å²) in [6, 6.07) is 0. The molecule has 0 saturated heterocycles. The highest BCUT2D eigenvalue weighted by atomic mass is 16.1. The first-order chi connectivity index (χ1) is 17.5. The standard InChI is InChI=1S/C35H44O2/c1-27(16-11-18-29(3)19-13-21-31(5)26-36)14-9-10-15-28(2)17-12-20-30(4)22-23-33-32(6)34(37)24-25-35(33,7)8/h9-23,26H,24-25H2,1-8H3/b10-9+,16-11+,17-12+,19-13+,23-22+,27-14+,28-15+,29-18+,30-20+,31-21+. The van der Waals surface area contributed by atoms with Crippen LogP contribution in [-0.4, -0.2) is 12.1 Å². The fourth-order valence-corrected chi connectivity index (χ4v) is 3.70. The topological polar surface area (TPSA) is 34.1 Å². The maximum atomic E-state index is 12.1. The van der Waals surface area contributed by atoms with Crippen LogP contribution in [0, 0.1) is 5.41 Å². The number of ketones is 1. The quantitative estimate of drug-likeness (QED) is 0.162. The Morgan fingerprint density at radius 1 is 0.649 bits per heavy atom. The van der Waals surface area contributed by atoms with Crippen LogP contribution in [0.2, 0.25) is 0 Å². The van der Waals surface area contributed by atoms with Crippen molar-refractivity contribution in [2.45, 2.75) is 68.2 Å². The minimum absolute atomic E-state index is 0.0428. The van der Waals surface area contributed by atoms with E-state index in [1.807, 2.05) is 50.3 Å². The van der Waals surface area contributed by atoms with E-state index >= 15 is 0 Å². The average molecular weight is 497 g/mol. The van der Waals surface area contributed by atoms with Crippen molar-refractivity contribution in [1.82, 2.24) is 0 Å². The monoisotopic (exact) mass is 496 g/mol. The van der Waals surface area contributed by atoms with Crippen LogP contribution in [-0.2, 0) is 9.59 Å². The van der Waals surface area contributed by atoms with Crippen molar-refractivity contribution in [1.29, 1.82) is 0 Å². The Bertz CT molecular complexity index is 1160. The summed E-state index contributed by atoms with van der Waals surface area (Å²) >= 11 is 0. The molecule has 0 aromatic carbocycles. The van der Waals surface area contributed by atoms with Crippen LogP contribution in [0.15, 0.2) is 130 Å². The van der Waals surface area contributed by atoms with Gasteiger partial charge in [-0.05, 0) is 70.1 Å². The Morgan fingerprint density at radius 3 is 1.51 bits per heavy atom. The van der Waals surface area contributed by atoms with E-state index < -0.39 is 0 Å². The van der Waals surface area contributed by atoms with E-state index in [2.05, 4.69) is 83.2 Å². The molecule has 0 fully saturated rings. The number of aldehydes is 1. The summed E-state index contributed by atoms with van der Waals surface area (Å²) in [6.07, 6.45) is 32.8. The Morgan fingerprint density at radius 2 is 1.05 bits per heavy atom. The minimum atomic E-state index is 0.0428. The molecular weight excluding hydrogens is 452 g/mol. The van der Waals surface area contributed by atoms with Crippen LogP contribution in [0.4, 0.5) is 0 Å². The van der Waals surface area contributed by atoms with Gasteiger partial charge in [-0.1, -0.05) is 127 Å². The molecule has 0 spiro atoms. The largest absolute Gasteiger partial charge is 0.298 e. The zero-order chi connectivity index (χ0) is 27.8. The van der Waals surface area contributed by atoms with Crippen molar-refractivity contribution in [3.63, 3.8) is 0 Å². The Balaban J connectivity index is 2.67. The zero-order valence-corrected chi connectivity index (χ0v) is 24.0. The van der Waals surface area contributed by atoms with Gasteiger partial charge < -0.3 is 0 Å². The van der Waals surface area contributed by atoms with Crippen molar-refractivity contribution in [3.8, 4) is 0 Å². The molecule has 0 unspecified atom stereocenters. The van der Waals surface area contributed by atoms with Crippen molar-refractivity contribution in [2.75, 3.05) is 0 Å². The highest BCUT2D eigenvalue weighted by Crippen LogP contribution is 2.39. The first kappa shape index (κ1) is 31.5. The third kappa shape index (κ3) is 12.8. The van der Waals surface area contributed by atoms with Gasteiger partial charge in [0, 0.05) is 6.42 Å². The molecule has 0 aliphatic heterocycles. The summed E-state index contributed by atoms with van der Waals surface area (Å²) in [5, 5.41) is 0. The van der Waals surface area contributed by atoms with Crippen LogP contribution < -0.4 is 0 Å². The van der Waals surface area contributed by atoms with Crippen LogP contribution >= 0.6 is 0 Å². The zero-order valence-electron chi connectivity index (χ0n) is 24.0. The van der Waals surface area contributed by atoms with Gasteiger partial charge in [0.2, 0.25) is 0 Å². The van der Waals surface area contributed by atoms with E-state index in [4.69, 9.17) is 0 Å². The molecule has 0 bridgehead atoms. The molecule has 1 rings (SSSR count). The van der Waals surface area contributed by atoms with E-state index in [0.29, 0.717) is 12.0 Å². The Hall–Kier alpha value is -3.52. The lowest BCUT2D eigenvalue weighted by Crippen LogP contribution is -2.24. The molecule has 0 atom stereocenters. The molecule has 1 aliphatic rings. The first-order valence-electron chi connectivity index (χ1n) is 12.9. The summed E-state index contributed by atoms with van der Waals surface area (Å²) in [7, 11) is 0. The first-order valence-corrected chi connectivity index (χ1v) is 12.9. The predicted molar refractivity (Wildman–Crippen MR) is 161 cm³/mol. The molecule has 0 aromatic heterocycles. The van der Waals surface area contributed by atoms with E-state index in [0.717, 1.165) is 46.1 Å². The fourth-order valence-electron chi connectivity index (χ4n) is 3.70. The van der Waals surface area contributed by atoms with Gasteiger partial charge in [0.15, 0.2) is 5.78 Å². The lowest BCUT2D eigenvalue weighted by atomic mass is 9.72. The van der Waals surface area contributed by atoms with Crippen molar-refractivity contribution < 1.29 is 9.59 Å². The number of Topliss-reactive ketones (excluding diaryl/α,β-unsaturated/α-hetero) is 1. The van der Waals surface area contributed by atoms with Gasteiger partial charge in [-0.25, -0.2) is 0 Å². The van der Waals surface area contributed by atoms with Crippen LogP contribution in [0.5, 0.6) is 0 Å². The highest BCUT2D eigenvalue weighted by molar-refractivity contribution is 5.97. The lowest BCUT2D eigenvalue weighted by Gasteiger charge is -2.32. The third-order valence-electron chi connectivity index (χ3n) is 6.21. The second-order valence-corrected chi connectivity index (χ2v) is 10.3.